The van der Waals surface area contributed by atoms with Crippen molar-refractivity contribution in [3.63, 3.8) is 0 Å². The van der Waals surface area contributed by atoms with Crippen molar-refractivity contribution < 1.29 is 4.79 Å². The van der Waals surface area contributed by atoms with E-state index in [1.807, 2.05) is 18.7 Å². The zero-order valence-corrected chi connectivity index (χ0v) is 10.1. The summed E-state index contributed by atoms with van der Waals surface area (Å²) in [6.07, 6.45) is 0. The minimum Gasteiger partial charge on any atom is -0.342 e. The third-order valence-electron chi connectivity index (χ3n) is 3.22. The van der Waals surface area contributed by atoms with Crippen LogP contribution in [0, 0.1) is 5.92 Å². The van der Waals surface area contributed by atoms with Gasteiger partial charge in [0.15, 0.2) is 0 Å². The van der Waals surface area contributed by atoms with E-state index in [1.165, 1.54) is 0 Å². The van der Waals surface area contributed by atoms with Crippen LogP contribution < -0.4 is 5.73 Å². The Morgan fingerprint density at radius 3 is 2.40 bits per heavy atom. The first-order valence-corrected chi connectivity index (χ1v) is 5.84. The van der Waals surface area contributed by atoms with E-state index in [2.05, 4.69) is 11.8 Å². The van der Waals surface area contributed by atoms with E-state index in [0.717, 1.165) is 26.2 Å². The Bertz CT molecular complexity index is 206. The van der Waals surface area contributed by atoms with E-state index in [1.54, 1.807) is 0 Å². The van der Waals surface area contributed by atoms with Crippen molar-refractivity contribution in [2.75, 3.05) is 32.7 Å². The lowest BCUT2D eigenvalue weighted by Crippen LogP contribution is -2.40. The van der Waals surface area contributed by atoms with Gasteiger partial charge < -0.3 is 10.6 Å². The summed E-state index contributed by atoms with van der Waals surface area (Å²) in [5.41, 5.74) is 5.92. The van der Waals surface area contributed by atoms with Crippen LogP contribution in [0.2, 0.25) is 0 Å². The Labute approximate surface area is 92.4 Å². The summed E-state index contributed by atoms with van der Waals surface area (Å²) in [5.74, 6) is 0.732. The number of nitrogens with zero attached hydrogens (tertiary/aromatic N) is 2. The van der Waals surface area contributed by atoms with Crippen LogP contribution in [0.3, 0.4) is 0 Å². The zero-order chi connectivity index (χ0) is 11.4. The molecule has 4 nitrogen and oxygen atoms in total. The standard InChI is InChI=1S/C11H23N3O/c1-4-14(5-2)11(15)8-13-6-9(3)10(12)7-13/h9-10H,4-8,12H2,1-3H3. The summed E-state index contributed by atoms with van der Waals surface area (Å²) in [6, 6.07) is 0.231. The minimum atomic E-state index is 0.223. The smallest absolute Gasteiger partial charge is 0.236 e. The van der Waals surface area contributed by atoms with Crippen LogP contribution in [0.4, 0.5) is 0 Å². The van der Waals surface area contributed by atoms with Gasteiger partial charge in [0.1, 0.15) is 0 Å². The molecule has 0 bridgehead atoms. The van der Waals surface area contributed by atoms with Crippen molar-refractivity contribution >= 4 is 5.91 Å². The van der Waals surface area contributed by atoms with E-state index >= 15 is 0 Å². The summed E-state index contributed by atoms with van der Waals surface area (Å²) in [5, 5.41) is 0. The largest absolute Gasteiger partial charge is 0.342 e. The third-order valence-corrected chi connectivity index (χ3v) is 3.22. The van der Waals surface area contributed by atoms with Crippen molar-refractivity contribution in [1.29, 1.82) is 0 Å². The number of hydrogen-bond donors (Lipinski definition) is 1. The molecule has 15 heavy (non-hydrogen) atoms. The lowest BCUT2D eigenvalue weighted by molar-refractivity contribution is -0.131. The van der Waals surface area contributed by atoms with Crippen LogP contribution in [0.5, 0.6) is 0 Å². The molecule has 2 N–H and O–H groups in total. The molecule has 0 radical (unpaired) electrons. The maximum atomic E-state index is 11.8. The Hall–Kier alpha value is -0.610. The molecule has 1 aliphatic rings. The third kappa shape index (κ3) is 3.18. The number of rotatable bonds is 4. The maximum absolute atomic E-state index is 11.8. The number of nitrogens with two attached hydrogens (primary N) is 1. The van der Waals surface area contributed by atoms with Gasteiger partial charge in [-0.15, -0.1) is 0 Å². The lowest BCUT2D eigenvalue weighted by atomic mass is 10.1. The second kappa shape index (κ2) is 5.47. The Balaban J connectivity index is 2.39. The van der Waals surface area contributed by atoms with Gasteiger partial charge in [0.2, 0.25) is 5.91 Å². The molecular formula is C11H23N3O. The molecule has 1 amide bonds. The fraction of sp³-hybridized carbons (Fsp3) is 0.909. The molecule has 0 aliphatic carbocycles. The predicted molar refractivity (Wildman–Crippen MR) is 61.5 cm³/mol. The summed E-state index contributed by atoms with van der Waals surface area (Å²) in [7, 11) is 0. The fourth-order valence-corrected chi connectivity index (χ4v) is 2.09. The average molecular weight is 213 g/mol. The summed E-state index contributed by atoms with van der Waals surface area (Å²) in [6.45, 7) is 10.1. The van der Waals surface area contributed by atoms with Crippen LogP contribution in [0.1, 0.15) is 20.8 Å². The molecule has 0 saturated carbocycles. The molecule has 0 spiro atoms. The number of likely N-dealkylation sites (N-methyl/N-ethyl adjacent to an activating group) is 1. The van der Waals surface area contributed by atoms with Crippen molar-refractivity contribution in [3.05, 3.63) is 0 Å². The highest BCUT2D eigenvalue weighted by Crippen LogP contribution is 2.14. The molecule has 4 heteroatoms. The number of amides is 1. The van der Waals surface area contributed by atoms with Gasteiger partial charge in [-0.2, -0.15) is 0 Å². The number of likely N-dealkylation sites (tertiary alicyclic amines) is 1. The first-order chi connectivity index (χ1) is 7.08. The topological polar surface area (TPSA) is 49.6 Å². The first-order valence-electron chi connectivity index (χ1n) is 5.84. The highest BCUT2D eigenvalue weighted by molar-refractivity contribution is 5.78. The molecule has 0 aromatic rings. The van der Waals surface area contributed by atoms with E-state index < -0.39 is 0 Å². The van der Waals surface area contributed by atoms with E-state index in [9.17, 15) is 4.79 Å². The SMILES string of the molecule is CCN(CC)C(=O)CN1CC(C)C(N)C1. The fourth-order valence-electron chi connectivity index (χ4n) is 2.09. The summed E-state index contributed by atoms with van der Waals surface area (Å²) in [4.78, 5) is 15.9. The van der Waals surface area contributed by atoms with Gasteiger partial charge in [0.05, 0.1) is 6.54 Å². The van der Waals surface area contributed by atoms with Crippen LogP contribution in [-0.2, 0) is 4.79 Å². The second-order valence-corrected chi connectivity index (χ2v) is 4.40. The molecule has 2 atom stereocenters. The van der Waals surface area contributed by atoms with Gasteiger partial charge >= 0.3 is 0 Å². The van der Waals surface area contributed by atoms with Crippen molar-refractivity contribution in [3.8, 4) is 0 Å². The zero-order valence-electron chi connectivity index (χ0n) is 10.1. The highest BCUT2D eigenvalue weighted by Gasteiger charge is 2.28. The molecule has 2 unspecified atom stereocenters. The quantitative estimate of drug-likeness (QED) is 0.722. The Morgan fingerprint density at radius 2 is 2.00 bits per heavy atom. The normalized spacial score (nSPS) is 26.9. The molecular weight excluding hydrogens is 190 g/mol. The monoisotopic (exact) mass is 213 g/mol. The predicted octanol–water partition coefficient (Wildman–Crippen LogP) is 0.134. The van der Waals surface area contributed by atoms with Crippen LogP contribution in [0.15, 0.2) is 0 Å². The lowest BCUT2D eigenvalue weighted by Gasteiger charge is -2.22. The maximum Gasteiger partial charge on any atom is 0.236 e. The van der Waals surface area contributed by atoms with Crippen LogP contribution in [0.25, 0.3) is 0 Å². The molecule has 1 rings (SSSR count). The van der Waals surface area contributed by atoms with Crippen molar-refractivity contribution in [1.82, 2.24) is 9.80 Å². The molecule has 0 aromatic heterocycles. The molecule has 0 aromatic carbocycles. The van der Waals surface area contributed by atoms with Gasteiger partial charge in [0, 0.05) is 32.2 Å². The van der Waals surface area contributed by atoms with E-state index in [0.29, 0.717) is 12.5 Å². The van der Waals surface area contributed by atoms with Gasteiger partial charge in [-0.3, -0.25) is 9.69 Å². The summed E-state index contributed by atoms with van der Waals surface area (Å²) >= 11 is 0. The second-order valence-electron chi connectivity index (χ2n) is 4.40. The molecule has 1 heterocycles. The Morgan fingerprint density at radius 1 is 1.40 bits per heavy atom. The molecule has 1 saturated heterocycles. The van der Waals surface area contributed by atoms with E-state index in [-0.39, 0.29) is 11.9 Å². The molecule has 1 fully saturated rings. The van der Waals surface area contributed by atoms with Gasteiger partial charge in [-0.25, -0.2) is 0 Å². The highest BCUT2D eigenvalue weighted by atomic mass is 16.2. The molecule has 1 aliphatic heterocycles. The minimum absolute atomic E-state index is 0.223. The number of carbonyl (C=O) groups is 1. The van der Waals surface area contributed by atoms with Crippen LogP contribution in [-0.4, -0.2) is 54.5 Å². The molecule has 88 valence electrons. The number of carbonyl (C=O) groups excluding carboxylic acids is 1. The summed E-state index contributed by atoms with van der Waals surface area (Å²) < 4.78 is 0. The van der Waals surface area contributed by atoms with E-state index in [4.69, 9.17) is 5.73 Å². The Kier molecular flexibility index (Phi) is 4.54. The van der Waals surface area contributed by atoms with Gasteiger partial charge in [-0.1, -0.05) is 6.92 Å². The van der Waals surface area contributed by atoms with Crippen LogP contribution >= 0.6 is 0 Å². The number of hydrogen-bond acceptors (Lipinski definition) is 3. The van der Waals surface area contributed by atoms with Gasteiger partial charge in [0.25, 0.3) is 0 Å². The average Bonchev–Trinajstić information content (AvgIpc) is 2.47. The van der Waals surface area contributed by atoms with Crippen molar-refractivity contribution in [2.45, 2.75) is 26.8 Å². The van der Waals surface area contributed by atoms with Crippen molar-refractivity contribution in [2.24, 2.45) is 11.7 Å². The van der Waals surface area contributed by atoms with Gasteiger partial charge in [-0.05, 0) is 19.8 Å². The first kappa shape index (κ1) is 12.5.